The second-order valence-electron chi connectivity index (χ2n) is 5.47. The van der Waals surface area contributed by atoms with E-state index in [1.807, 2.05) is 0 Å². The molecule has 0 radical (unpaired) electrons. The predicted molar refractivity (Wildman–Crippen MR) is 109 cm³/mol. The first-order valence-corrected chi connectivity index (χ1v) is 9.58. The van der Waals surface area contributed by atoms with Crippen LogP contribution in [0.5, 0.6) is 11.5 Å². The molecule has 1 N–H and O–H groups in total. The molecule has 1 fully saturated rings. The van der Waals surface area contributed by atoms with Gasteiger partial charge < -0.3 is 14.2 Å². The molecule has 0 aromatic heterocycles. The number of carbonyl (C=O) groups excluding carboxylic acids is 2. The van der Waals surface area contributed by atoms with Crippen LogP contribution in [0.3, 0.4) is 0 Å². The normalized spacial score (nSPS) is 16.6. The molecule has 0 spiro atoms. The van der Waals surface area contributed by atoms with Gasteiger partial charge in [0, 0.05) is 11.6 Å². The van der Waals surface area contributed by atoms with Gasteiger partial charge >= 0.3 is 5.97 Å². The van der Waals surface area contributed by atoms with Gasteiger partial charge in [0.25, 0.3) is 5.91 Å². The molecule has 1 heterocycles. The highest BCUT2D eigenvalue weighted by Crippen LogP contribution is 2.36. The molecule has 0 unspecified atom stereocenters. The fourth-order valence-corrected chi connectivity index (χ4v) is 3.07. The first-order chi connectivity index (χ1) is 13.5. The van der Waals surface area contributed by atoms with Crippen molar-refractivity contribution >= 4 is 46.6 Å². The highest BCUT2D eigenvalue weighted by Gasteiger charge is 2.25. The zero-order valence-corrected chi connectivity index (χ0v) is 17.2. The first-order valence-electron chi connectivity index (χ1n) is 8.38. The number of carbonyl (C=O) groups is 2. The molecule has 150 valence electrons. The Morgan fingerprint density at radius 2 is 2.14 bits per heavy atom. The quantitative estimate of drug-likeness (QED) is 0.226. The molecule has 10 heteroatoms. The number of esters is 1. The number of ether oxygens (including phenoxy) is 3. The first kappa shape index (κ1) is 21.8. The van der Waals surface area contributed by atoms with Gasteiger partial charge in [0.2, 0.25) is 0 Å². The van der Waals surface area contributed by atoms with Crippen molar-refractivity contribution in [3.63, 3.8) is 0 Å². The lowest BCUT2D eigenvalue weighted by atomic mass is 10.2. The van der Waals surface area contributed by atoms with Crippen molar-refractivity contribution in [2.75, 3.05) is 20.8 Å². The number of amides is 1. The van der Waals surface area contributed by atoms with E-state index in [-0.39, 0.29) is 10.1 Å². The fourth-order valence-electron chi connectivity index (χ4n) is 2.06. The van der Waals surface area contributed by atoms with Crippen LogP contribution < -0.4 is 14.8 Å². The van der Waals surface area contributed by atoms with E-state index in [1.165, 1.54) is 20.4 Å². The second kappa shape index (κ2) is 10.7. The van der Waals surface area contributed by atoms with E-state index in [2.05, 4.69) is 27.2 Å². The Hall–Kier alpha value is -2.52. The number of methoxy groups -OCH3 is 2. The maximum absolute atomic E-state index is 11.8. The Balaban J connectivity index is 2.11. The molecule has 0 bridgehead atoms. The Morgan fingerprint density at radius 1 is 1.36 bits per heavy atom. The maximum atomic E-state index is 11.8. The van der Waals surface area contributed by atoms with Crippen LogP contribution in [0.15, 0.2) is 33.3 Å². The molecule has 0 atom stereocenters. The van der Waals surface area contributed by atoms with Crippen LogP contribution >= 0.6 is 23.4 Å². The van der Waals surface area contributed by atoms with Crippen molar-refractivity contribution < 1.29 is 23.8 Å². The summed E-state index contributed by atoms with van der Waals surface area (Å²) in [5.74, 6) is -0.0881. The second-order valence-corrected chi connectivity index (χ2v) is 6.91. The van der Waals surface area contributed by atoms with Gasteiger partial charge in [-0.2, -0.15) is 5.10 Å². The molecule has 28 heavy (non-hydrogen) atoms. The Kier molecular flexibility index (Phi) is 8.34. The zero-order chi connectivity index (χ0) is 20.5. The molecule has 1 amide bonds. The number of nitrogens with one attached hydrogen (secondary N) is 1. The van der Waals surface area contributed by atoms with Gasteiger partial charge in [-0.25, -0.2) is 4.79 Å². The van der Waals surface area contributed by atoms with Gasteiger partial charge in [0.15, 0.2) is 16.7 Å². The summed E-state index contributed by atoms with van der Waals surface area (Å²) in [7, 11) is 2.76. The van der Waals surface area contributed by atoms with Crippen LogP contribution in [0.2, 0.25) is 5.02 Å². The molecule has 0 aliphatic carbocycles. The van der Waals surface area contributed by atoms with Gasteiger partial charge in [-0.05, 0) is 30.3 Å². The fraction of sp³-hybridized carbons (Fsp3) is 0.333. The van der Waals surface area contributed by atoms with Crippen LogP contribution in [0.4, 0.5) is 0 Å². The Morgan fingerprint density at radius 3 is 2.82 bits per heavy atom. The smallest absolute Gasteiger partial charge is 0.331 e. The predicted octanol–water partition coefficient (Wildman–Crippen LogP) is 3.14. The van der Waals surface area contributed by atoms with E-state index in [4.69, 9.17) is 21.1 Å². The van der Waals surface area contributed by atoms with E-state index in [1.54, 1.807) is 12.1 Å². The molecule has 1 aliphatic rings. The topological polar surface area (TPSA) is 98.6 Å². The van der Waals surface area contributed by atoms with E-state index >= 15 is 0 Å². The highest BCUT2D eigenvalue weighted by molar-refractivity contribution is 8.18. The van der Waals surface area contributed by atoms with E-state index in [0.717, 1.165) is 30.7 Å². The third-order valence-electron chi connectivity index (χ3n) is 3.45. The minimum Gasteiger partial charge on any atom is -0.493 e. The van der Waals surface area contributed by atoms with Crippen LogP contribution in [0.1, 0.15) is 25.3 Å². The number of hydrogen-bond acceptors (Lipinski definition) is 8. The highest BCUT2D eigenvalue weighted by atomic mass is 35.5. The van der Waals surface area contributed by atoms with Crippen molar-refractivity contribution in [1.29, 1.82) is 0 Å². The molecule has 1 aromatic rings. The molecule has 1 aromatic carbocycles. The Labute approximate surface area is 172 Å². The molecule has 0 saturated carbocycles. The maximum Gasteiger partial charge on any atom is 0.331 e. The largest absolute Gasteiger partial charge is 0.493 e. The van der Waals surface area contributed by atoms with Crippen LogP contribution in [-0.4, -0.2) is 44.1 Å². The van der Waals surface area contributed by atoms with Crippen LogP contribution in [0.25, 0.3) is 0 Å². The number of thioether (sulfide) groups is 1. The number of halogens is 1. The molecule has 2 rings (SSSR count). The monoisotopic (exact) mass is 425 g/mol. The minimum atomic E-state index is -0.620. The zero-order valence-electron chi connectivity index (χ0n) is 15.7. The third kappa shape index (κ3) is 6.00. The molecule has 1 saturated heterocycles. The number of benzene rings is 1. The standard InChI is InChI=1S/C18H20ClN3O5S/c1-4-5-6-27-16-12(19)7-11(8-13(16)25-2)10-20-22-18-21-17(24)14(28-18)9-15(23)26-3/h7-10H,4-6H2,1-3H3,(H,21,22,24)/b14-9+,20-10?. The average molecular weight is 426 g/mol. The van der Waals surface area contributed by atoms with Crippen molar-refractivity contribution in [2.24, 2.45) is 10.2 Å². The summed E-state index contributed by atoms with van der Waals surface area (Å²) in [6.45, 7) is 2.62. The van der Waals surface area contributed by atoms with Crippen molar-refractivity contribution in [3.05, 3.63) is 33.7 Å². The molecular formula is C18H20ClN3O5S. The van der Waals surface area contributed by atoms with E-state index < -0.39 is 11.9 Å². The van der Waals surface area contributed by atoms with E-state index in [0.29, 0.717) is 28.7 Å². The number of amidine groups is 1. The summed E-state index contributed by atoms with van der Waals surface area (Å²) in [6.07, 6.45) is 4.48. The lowest BCUT2D eigenvalue weighted by Crippen LogP contribution is -2.19. The lowest BCUT2D eigenvalue weighted by Gasteiger charge is -2.12. The summed E-state index contributed by atoms with van der Waals surface area (Å²) >= 11 is 7.27. The summed E-state index contributed by atoms with van der Waals surface area (Å²) in [5, 5.41) is 11.0. The van der Waals surface area contributed by atoms with Crippen molar-refractivity contribution in [2.45, 2.75) is 19.8 Å². The van der Waals surface area contributed by atoms with Crippen molar-refractivity contribution in [1.82, 2.24) is 5.32 Å². The summed E-state index contributed by atoms with van der Waals surface area (Å²) in [4.78, 5) is 23.2. The minimum absolute atomic E-state index is 0.180. The summed E-state index contributed by atoms with van der Waals surface area (Å²) in [5.41, 5.74) is 0.647. The van der Waals surface area contributed by atoms with Crippen molar-refractivity contribution in [3.8, 4) is 11.5 Å². The number of hydrogen-bond donors (Lipinski definition) is 1. The van der Waals surface area contributed by atoms with E-state index in [9.17, 15) is 9.59 Å². The van der Waals surface area contributed by atoms with Gasteiger partial charge in [0.05, 0.1) is 37.0 Å². The van der Waals surface area contributed by atoms with Crippen LogP contribution in [-0.2, 0) is 14.3 Å². The number of rotatable bonds is 8. The van der Waals surface area contributed by atoms with Gasteiger partial charge in [-0.3, -0.25) is 10.1 Å². The number of nitrogens with zero attached hydrogens (tertiary/aromatic N) is 2. The number of unbranched alkanes of at least 4 members (excludes halogenated alkanes) is 1. The van der Waals surface area contributed by atoms with Gasteiger partial charge in [-0.15, -0.1) is 5.10 Å². The third-order valence-corrected chi connectivity index (χ3v) is 4.63. The summed E-state index contributed by atoms with van der Waals surface area (Å²) < 4.78 is 15.5. The molecule has 1 aliphatic heterocycles. The lowest BCUT2D eigenvalue weighted by molar-refractivity contribution is -0.135. The summed E-state index contributed by atoms with van der Waals surface area (Å²) in [6, 6.07) is 3.40. The Bertz CT molecular complexity index is 839. The van der Waals surface area contributed by atoms with Gasteiger partial charge in [0.1, 0.15) is 0 Å². The molecule has 8 nitrogen and oxygen atoms in total. The SMILES string of the molecule is CCCCOc1c(Cl)cc(C=N/N=C2/NC(=O)/C(=C\C(=O)OC)S2)cc1OC. The average Bonchev–Trinajstić information content (AvgIpc) is 3.02. The van der Waals surface area contributed by atoms with Crippen LogP contribution in [0, 0.1) is 0 Å². The molecular weight excluding hydrogens is 406 g/mol. The van der Waals surface area contributed by atoms with Gasteiger partial charge in [-0.1, -0.05) is 24.9 Å².